The minimum absolute atomic E-state index is 0.291. The Hall–Kier alpha value is -2.31. The highest BCUT2D eigenvalue weighted by molar-refractivity contribution is 5.69. The zero-order valence-corrected chi connectivity index (χ0v) is 15.3. The van der Waals surface area contributed by atoms with Crippen molar-refractivity contribution in [3.05, 3.63) is 23.1 Å². The quantitative estimate of drug-likeness (QED) is 0.849. The maximum Gasteiger partial charge on any atom is 0.410 e. The summed E-state index contributed by atoms with van der Waals surface area (Å²) in [6.07, 6.45) is -0.291. The number of hydrogen-bond donors (Lipinski definition) is 0. The summed E-state index contributed by atoms with van der Waals surface area (Å²) in [7, 11) is 1.93. The third-order valence-corrected chi connectivity index (χ3v) is 4.04. The molecule has 0 atom stereocenters. The number of carbonyl (C=O) groups excluding carboxylic acids is 1. The van der Waals surface area contributed by atoms with E-state index in [4.69, 9.17) is 9.72 Å². The number of aromatic nitrogens is 4. The van der Waals surface area contributed by atoms with Gasteiger partial charge in [0.15, 0.2) is 5.82 Å². The molecule has 2 aromatic rings. The van der Waals surface area contributed by atoms with Crippen molar-refractivity contribution in [2.24, 2.45) is 7.05 Å². The SMILES string of the molecule is CCn1c(-c2cc(C)nn2C)nc2c1CN(C(=O)OC(C)(C)C)C2. The van der Waals surface area contributed by atoms with Gasteiger partial charge in [-0.25, -0.2) is 9.78 Å². The third-order valence-electron chi connectivity index (χ3n) is 4.04. The number of ether oxygens (including phenoxy) is 1. The number of rotatable bonds is 2. The molecule has 0 unspecified atom stereocenters. The van der Waals surface area contributed by atoms with Crippen LogP contribution in [-0.4, -0.2) is 35.9 Å². The van der Waals surface area contributed by atoms with E-state index in [1.165, 1.54) is 0 Å². The molecule has 1 amide bonds. The van der Waals surface area contributed by atoms with Crippen LogP contribution in [0.15, 0.2) is 6.07 Å². The Bertz CT molecular complexity index is 782. The van der Waals surface area contributed by atoms with E-state index in [-0.39, 0.29) is 6.09 Å². The molecule has 0 aromatic carbocycles. The predicted octanol–water partition coefficient (Wildman–Crippen LogP) is 2.86. The van der Waals surface area contributed by atoms with Crippen molar-refractivity contribution in [1.29, 1.82) is 0 Å². The Balaban J connectivity index is 1.88. The second kappa shape index (κ2) is 5.65. The first kappa shape index (κ1) is 16.5. The first-order valence-corrected chi connectivity index (χ1v) is 8.27. The van der Waals surface area contributed by atoms with E-state index in [2.05, 4.69) is 16.6 Å². The molecule has 7 nitrogen and oxygen atoms in total. The summed E-state index contributed by atoms with van der Waals surface area (Å²) >= 11 is 0. The van der Waals surface area contributed by atoms with Crippen LogP contribution in [0.2, 0.25) is 0 Å². The number of amides is 1. The number of carbonyl (C=O) groups is 1. The molecule has 0 spiro atoms. The van der Waals surface area contributed by atoms with Gasteiger partial charge in [0.2, 0.25) is 0 Å². The molecule has 2 aromatic heterocycles. The van der Waals surface area contributed by atoms with Gasteiger partial charge < -0.3 is 9.30 Å². The van der Waals surface area contributed by atoms with Crippen LogP contribution in [0, 0.1) is 6.92 Å². The van der Waals surface area contributed by atoms with Crippen molar-refractivity contribution >= 4 is 6.09 Å². The average molecular weight is 331 g/mol. The van der Waals surface area contributed by atoms with Gasteiger partial charge in [0.05, 0.1) is 30.2 Å². The van der Waals surface area contributed by atoms with Crippen LogP contribution in [0.25, 0.3) is 11.5 Å². The van der Waals surface area contributed by atoms with Crippen LogP contribution in [0.4, 0.5) is 4.79 Å². The smallest absolute Gasteiger partial charge is 0.410 e. The molecule has 130 valence electrons. The monoisotopic (exact) mass is 331 g/mol. The summed E-state index contributed by atoms with van der Waals surface area (Å²) in [6.45, 7) is 11.5. The van der Waals surface area contributed by atoms with Gasteiger partial charge in [0, 0.05) is 13.6 Å². The lowest BCUT2D eigenvalue weighted by molar-refractivity contribution is 0.0237. The molecule has 0 aliphatic carbocycles. The van der Waals surface area contributed by atoms with Crippen molar-refractivity contribution in [1.82, 2.24) is 24.2 Å². The lowest BCUT2D eigenvalue weighted by Gasteiger charge is -2.24. The third kappa shape index (κ3) is 2.90. The van der Waals surface area contributed by atoms with Crippen molar-refractivity contribution in [2.45, 2.75) is 59.9 Å². The molecule has 0 saturated carbocycles. The van der Waals surface area contributed by atoms with Crippen LogP contribution < -0.4 is 0 Å². The van der Waals surface area contributed by atoms with Crippen LogP contribution in [0.1, 0.15) is 44.8 Å². The molecule has 0 radical (unpaired) electrons. The first-order chi connectivity index (χ1) is 11.2. The van der Waals surface area contributed by atoms with Crippen molar-refractivity contribution < 1.29 is 9.53 Å². The number of aryl methyl sites for hydroxylation is 2. The Morgan fingerprint density at radius 3 is 2.58 bits per heavy atom. The topological polar surface area (TPSA) is 65.2 Å². The van der Waals surface area contributed by atoms with Crippen molar-refractivity contribution in [3.63, 3.8) is 0 Å². The molecule has 24 heavy (non-hydrogen) atoms. The highest BCUT2D eigenvalue weighted by Crippen LogP contribution is 2.30. The van der Waals surface area contributed by atoms with E-state index in [9.17, 15) is 4.79 Å². The lowest BCUT2D eigenvalue weighted by Crippen LogP contribution is -2.33. The first-order valence-electron chi connectivity index (χ1n) is 8.27. The minimum atomic E-state index is -0.491. The zero-order valence-electron chi connectivity index (χ0n) is 15.3. The molecule has 3 heterocycles. The van der Waals surface area contributed by atoms with Crippen molar-refractivity contribution in [2.75, 3.05) is 0 Å². The molecule has 0 fully saturated rings. The molecule has 1 aliphatic rings. The maximum absolute atomic E-state index is 12.3. The second-order valence-corrected chi connectivity index (χ2v) is 7.20. The standard InChI is InChI=1S/C17H25N5O2/c1-7-22-14-10-21(16(23)24-17(3,4)5)9-12(14)18-15(22)13-8-11(2)19-20(13)6/h8H,7,9-10H2,1-6H3. The average Bonchev–Trinajstić information content (AvgIpc) is 3.08. The Kier molecular flexibility index (Phi) is 3.89. The highest BCUT2D eigenvalue weighted by atomic mass is 16.6. The summed E-state index contributed by atoms with van der Waals surface area (Å²) in [5.41, 5.74) is 3.49. The van der Waals surface area contributed by atoms with Crippen LogP contribution in [-0.2, 0) is 31.4 Å². The largest absolute Gasteiger partial charge is 0.444 e. The van der Waals surface area contributed by atoms with Gasteiger partial charge in [-0.15, -0.1) is 0 Å². The summed E-state index contributed by atoms with van der Waals surface area (Å²) in [4.78, 5) is 18.8. The fourth-order valence-electron chi connectivity index (χ4n) is 3.07. The molecule has 0 bridgehead atoms. The van der Waals surface area contributed by atoms with E-state index >= 15 is 0 Å². The van der Waals surface area contributed by atoms with E-state index in [0.29, 0.717) is 13.1 Å². The van der Waals surface area contributed by atoms with Crippen LogP contribution in [0.5, 0.6) is 0 Å². The Morgan fingerprint density at radius 1 is 1.33 bits per heavy atom. The molecule has 1 aliphatic heterocycles. The predicted molar refractivity (Wildman–Crippen MR) is 90.3 cm³/mol. The second-order valence-electron chi connectivity index (χ2n) is 7.20. The van der Waals surface area contributed by atoms with Crippen LogP contribution >= 0.6 is 0 Å². The van der Waals surface area contributed by atoms with Gasteiger partial charge in [-0.05, 0) is 40.7 Å². The number of fused-ring (bicyclic) bond motifs is 1. The molecule has 7 heteroatoms. The maximum atomic E-state index is 12.3. The lowest BCUT2D eigenvalue weighted by atomic mass is 10.2. The van der Waals surface area contributed by atoms with Crippen molar-refractivity contribution in [3.8, 4) is 11.5 Å². The van der Waals surface area contributed by atoms with Crippen LogP contribution in [0.3, 0.4) is 0 Å². The van der Waals surface area contributed by atoms with E-state index in [1.807, 2.05) is 45.5 Å². The Labute approximate surface area is 142 Å². The number of hydrogen-bond acceptors (Lipinski definition) is 4. The van der Waals surface area contributed by atoms with Gasteiger partial charge in [0.1, 0.15) is 11.3 Å². The summed E-state index contributed by atoms with van der Waals surface area (Å²) < 4.78 is 9.48. The molecule has 0 saturated heterocycles. The molecule has 3 rings (SSSR count). The van der Waals surface area contributed by atoms with E-state index in [0.717, 1.165) is 35.1 Å². The number of imidazole rings is 1. The molecule has 0 N–H and O–H groups in total. The van der Waals surface area contributed by atoms with Gasteiger partial charge in [-0.3, -0.25) is 9.58 Å². The summed E-state index contributed by atoms with van der Waals surface area (Å²) in [5.74, 6) is 0.912. The molecular weight excluding hydrogens is 306 g/mol. The highest BCUT2D eigenvalue weighted by Gasteiger charge is 2.32. The normalized spacial score (nSPS) is 14.2. The summed E-state index contributed by atoms with van der Waals surface area (Å²) in [5, 5.41) is 4.41. The minimum Gasteiger partial charge on any atom is -0.444 e. The summed E-state index contributed by atoms with van der Waals surface area (Å²) in [6, 6.07) is 2.04. The van der Waals surface area contributed by atoms with Gasteiger partial charge in [-0.2, -0.15) is 5.10 Å². The number of nitrogens with zero attached hydrogens (tertiary/aromatic N) is 5. The Morgan fingerprint density at radius 2 is 2.04 bits per heavy atom. The van der Waals surface area contributed by atoms with Gasteiger partial charge in [0.25, 0.3) is 0 Å². The van der Waals surface area contributed by atoms with E-state index < -0.39 is 5.60 Å². The van der Waals surface area contributed by atoms with Gasteiger partial charge in [-0.1, -0.05) is 0 Å². The van der Waals surface area contributed by atoms with E-state index in [1.54, 1.807) is 4.90 Å². The molecular formula is C17H25N5O2. The fourth-order valence-corrected chi connectivity index (χ4v) is 3.07. The van der Waals surface area contributed by atoms with Gasteiger partial charge >= 0.3 is 6.09 Å². The fraction of sp³-hybridized carbons (Fsp3) is 0.588. The zero-order chi connectivity index (χ0) is 17.6.